The van der Waals surface area contributed by atoms with Gasteiger partial charge in [-0.3, -0.25) is 0 Å². The highest BCUT2D eigenvalue weighted by atomic mass is 35.5. The van der Waals surface area contributed by atoms with E-state index in [1.54, 1.807) is 50.2 Å². The topological polar surface area (TPSA) is 104 Å². The van der Waals surface area contributed by atoms with Crippen LogP contribution in [0.1, 0.15) is 19.4 Å². The van der Waals surface area contributed by atoms with E-state index in [9.17, 15) is 21.9 Å². The quantitative estimate of drug-likeness (QED) is 0.450. The van der Waals surface area contributed by atoms with E-state index in [1.165, 1.54) is 34.9 Å². The van der Waals surface area contributed by atoms with Gasteiger partial charge in [-0.25, -0.2) is 16.8 Å². The molecule has 2 rings (SSSR count). The molecule has 0 aliphatic carbocycles. The third kappa shape index (κ3) is 6.78. The number of aryl methyl sites for hydroxylation is 1. The average molecular weight is 533 g/mol. The summed E-state index contributed by atoms with van der Waals surface area (Å²) >= 11 is 5.99. The van der Waals surface area contributed by atoms with E-state index >= 15 is 0 Å². The molecule has 0 aliphatic rings. The molecule has 8 nitrogen and oxygen atoms in total. The Morgan fingerprint density at radius 3 is 2.12 bits per heavy atom. The van der Waals surface area contributed by atoms with Crippen molar-refractivity contribution in [3.8, 4) is 0 Å². The van der Waals surface area contributed by atoms with Crippen molar-refractivity contribution >= 4 is 31.6 Å². The van der Waals surface area contributed by atoms with Gasteiger partial charge in [0.15, 0.2) is 0 Å². The van der Waals surface area contributed by atoms with E-state index in [-0.39, 0.29) is 34.5 Å². The maximum atomic E-state index is 13.3. The van der Waals surface area contributed by atoms with Crippen LogP contribution in [0.25, 0.3) is 0 Å². The molecule has 0 radical (unpaired) electrons. The lowest BCUT2D eigenvalue weighted by Gasteiger charge is -2.33. The number of halogens is 1. The van der Waals surface area contributed by atoms with Crippen LogP contribution in [0.5, 0.6) is 0 Å². The van der Waals surface area contributed by atoms with E-state index in [0.29, 0.717) is 0 Å². The van der Waals surface area contributed by atoms with Crippen LogP contribution >= 0.6 is 11.6 Å². The molecule has 11 heteroatoms. The van der Waals surface area contributed by atoms with E-state index in [0.717, 1.165) is 5.56 Å². The number of methoxy groups -OCH3 is 1. The fourth-order valence-corrected chi connectivity index (χ4v) is 6.71. The molecule has 190 valence electrons. The minimum absolute atomic E-state index is 0.00744. The van der Waals surface area contributed by atoms with Gasteiger partial charge in [-0.1, -0.05) is 42.3 Å². The summed E-state index contributed by atoms with van der Waals surface area (Å²) in [7, 11) is -4.81. The Kier molecular flexibility index (Phi) is 10.1. The largest absolute Gasteiger partial charge is 0.395 e. The molecule has 0 heterocycles. The number of nitrogens with zero attached hydrogens (tertiary/aromatic N) is 2. The first kappa shape index (κ1) is 28.7. The lowest BCUT2D eigenvalue weighted by molar-refractivity contribution is 0.0360. The second-order valence-corrected chi connectivity index (χ2v) is 12.8. The predicted octanol–water partition coefficient (Wildman–Crippen LogP) is 2.99. The number of rotatable bonds is 12. The standard InChI is InChI=1S/C23H33ClN2O6S2/c1-17-9-11-21(12-10-17)33(28,29)25(4)15-23(32-5)18(2)14-26(19(3)16-27)34(30,31)22-8-6-7-20(24)13-22/h6-13,18-19,23,27H,14-16H2,1-5H3/t18-,19+,23+/m1/s1. The van der Waals surface area contributed by atoms with Crippen molar-refractivity contribution in [2.24, 2.45) is 5.92 Å². The molecule has 0 aliphatic heterocycles. The van der Waals surface area contributed by atoms with E-state index < -0.39 is 38.1 Å². The fourth-order valence-electron chi connectivity index (χ4n) is 3.50. The minimum Gasteiger partial charge on any atom is -0.395 e. The summed E-state index contributed by atoms with van der Waals surface area (Å²) in [5.74, 6) is -0.399. The summed E-state index contributed by atoms with van der Waals surface area (Å²) in [6.45, 7) is 4.90. The molecule has 0 saturated heterocycles. The highest BCUT2D eigenvalue weighted by Gasteiger charge is 2.34. The zero-order valence-corrected chi connectivity index (χ0v) is 22.4. The second kappa shape index (κ2) is 11.9. The number of hydrogen-bond donors (Lipinski definition) is 1. The average Bonchev–Trinajstić information content (AvgIpc) is 2.80. The van der Waals surface area contributed by atoms with Crippen molar-refractivity contribution < 1.29 is 26.7 Å². The van der Waals surface area contributed by atoms with Gasteiger partial charge in [-0.2, -0.15) is 8.61 Å². The highest BCUT2D eigenvalue weighted by Crippen LogP contribution is 2.25. The van der Waals surface area contributed by atoms with E-state index in [4.69, 9.17) is 16.3 Å². The van der Waals surface area contributed by atoms with Crippen LogP contribution in [-0.2, 0) is 24.8 Å². The van der Waals surface area contributed by atoms with Gasteiger partial charge < -0.3 is 9.84 Å². The first-order chi connectivity index (χ1) is 15.8. The number of aliphatic hydroxyl groups excluding tert-OH is 1. The Hall–Kier alpha value is -1.53. The Labute approximate surface area is 208 Å². The van der Waals surface area contributed by atoms with Gasteiger partial charge in [0, 0.05) is 38.3 Å². The molecular weight excluding hydrogens is 500 g/mol. The zero-order valence-electron chi connectivity index (χ0n) is 20.0. The zero-order chi connectivity index (χ0) is 25.7. The summed E-state index contributed by atoms with van der Waals surface area (Å²) in [5, 5.41) is 10.0. The second-order valence-electron chi connectivity index (χ2n) is 8.41. The van der Waals surface area contributed by atoms with E-state index in [2.05, 4.69) is 0 Å². The van der Waals surface area contributed by atoms with Gasteiger partial charge in [0.1, 0.15) is 0 Å². The number of aliphatic hydroxyl groups is 1. The lowest BCUT2D eigenvalue weighted by Crippen LogP contribution is -2.47. The first-order valence-corrected chi connectivity index (χ1v) is 14.0. The monoisotopic (exact) mass is 532 g/mol. The molecule has 0 bridgehead atoms. The number of benzene rings is 2. The van der Waals surface area contributed by atoms with Crippen molar-refractivity contribution in [3.05, 3.63) is 59.1 Å². The van der Waals surface area contributed by atoms with Crippen LogP contribution < -0.4 is 0 Å². The normalized spacial score (nSPS) is 15.4. The van der Waals surface area contributed by atoms with Crippen LogP contribution in [0.3, 0.4) is 0 Å². The third-order valence-electron chi connectivity index (χ3n) is 5.73. The van der Waals surface area contributed by atoms with Gasteiger partial charge in [0.2, 0.25) is 20.0 Å². The van der Waals surface area contributed by atoms with Crippen molar-refractivity contribution in [1.82, 2.24) is 8.61 Å². The Morgan fingerprint density at radius 2 is 1.59 bits per heavy atom. The van der Waals surface area contributed by atoms with Crippen molar-refractivity contribution in [2.45, 2.75) is 42.7 Å². The molecule has 1 N–H and O–H groups in total. The van der Waals surface area contributed by atoms with Gasteiger partial charge >= 0.3 is 0 Å². The van der Waals surface area contributed by atoms with Crippen LogP contribution in [0.4, 0.5) is 0 Å². The van der Waals surface area contributed by atoms with Crippen molar-refractivity contribution in [3.63, 3.8) is 0 Å². The molecule has 2 aromatic rings. The molecule has 0 saturated carbocycles. The maximum absolute atomic E-state index is 13.3. The third-order valence-corrected chi connectivity index (χ3v) is 9.78. The molecule has 0 amide bonds. The SMILES string of the molecule is CO[C@@H](CN(C)S(=O)(=O)c1ccc(C)cc1)[C@H](C)CN([C@@H](C)CO)S(=O)(=O)c1cccc(Cl)c1. The molecule has 0 spiro atoms. The molecule has 2 aromatic carbocycles. The number of sulfonamides is 2. The first-order valence-electron chi connectivity index (χ1n) is 10.8. The van der Waals surface area contributed by atoms with Crippen LogP contribution in [0.15, 0.2) is 58.3 Å². The fraction of sp³-hybridized carbons (Fsp3) is 0.478. The van der Waals surface area contributed by atoms with Crippen LogP contribution in [0.2, 0.25) is 5.02 Å². The summed E-state index contributed by atoms with van der Waals surface area (Å²) in [6.07, 6.45) is -0.604. The van der Waals surface area contributed by atoms with Gasteiger partial charge in [0.05, 0.1) is 22.5 Å². The Balaban J connectivity index is 2.26. The Morgan fingerprint density at radius 1 is 0.971 bits per heavy atom. The smallest absolute Gasteiger partial charge is 0.243 e. The molecule has 3 atom stereocenters. The minimum atomic E-state index is -3.97. The van der Waals surface area contributed by atoms with Crippen LogP contribution in [-0.4, -0.2) is 76.6 Å². The van der Waals surface area contributed by atoms with Gasteiger partial charge in [0.25, 0.3) is 0 Å². The van der Waals surface area contributed by atoms with Crippen molar-refractivity contribution in [2.75, 3.05) is 33.9 Å². The molecular formula is C23H33ClN2O6S2. The van der Waals surface area contributed by atoms with E-state index in [1.807, 2.05) is 6.92 Å². The summed E-state index contributed by atoms with van der Waals surface area (Å²) in [4.78, 5) is 0.183. The summed E-state index contributed by atoms with van der Waals surface area (Å²) in [5.41, 5.74) is 0.948. The highest BCUT2D eigenvalue weighted by molar-refractivity contribution is 7.89. The van der Waals surface area contributed by atoms with Gasteiger partial charge in [-0.05, 0) is 50.1 Å². The molecule has 0 aromatic heterocycles. The predicted molar refractivity (Wildman–Crippen MR) is 133 cm³/mol. The van der Waals surface area contributed by atoms with Gasteiger partial charge in [-0.15, -0.1) is 0 Å². The molecule has 0 unspecified atom stereocenters. The maximum Gasteiger partial charge on any atom is 0.243 e. The van der Waals surface area contributed by atoms with Crippen molar-refractivity contribution in [1.29, 1.82) is 0 Å². The Bertz CT molecular complexity index is 1160. The lowest BCUT2D eigenvalue weighted by atomic mass is 10.0. The summed E-state index contributed by atoms with van der Waals surface area (Å²) < 4.78 is 60.6. The molecule has 0 fully saturated rings. The number of ether oxygens (including phenoxy) is 1. The number of likely N-dealkylation sites (N-methyl/N-ethyl adjacent to an activating group) is 1. The molecule has 34 heavy (non-hydrogen) atoms. The van der Waals surface area contributed by atoms with Crippen LogP contribution in [0, 0.1) is 12.8 Å². The summed E-state index contributed by atoms with van der Waals surface area (Å²) in [6, 6.07) is 11.8. The number of hydrogen-bond acceptors (Lipinski definition) is 6.